The van der Waals surface area contributed by atoms with E-state index in [1.54, 1.807) is 13.8 Å². The molecule has 8 nitrogen and oxygen atoms in total. The Balaban J connectivity index is 3.37. The molecule has 112 valence electrons. The molecular formula is C12H19N3O5. The van der Waals surface area contributed by atoms with Gasteiger partial charge in [0.2, 0.25) is 0 Å². The number of nitrogens with one attached hydrogen (secondary N) is 2. The summed E-state index contributed by atoms with van der Waals surface area (Å²) in [5, 5.41) is 38.1. The van der Waals surface area contributed by atoms with E-state index in [1.807, 2.05) is 0 Å². The van der Waals surface area contributed by atoms with Gasteiger partial charge in [-0.05, 0) is 20.8 Å². The molecule has 0 heterocycles. The van der Waals surface area contributed by atoms with Gasteiger partial charge in [0, 0.05) is 25.2 Å². The quantitative estimate of drug-likeness (QED) is 0.533. The van der Waals surface area contributed by atoms with Crippen LogP contribution in [0.2, 0.25) is 0 Å². The highest BCUT2D eigenvalue weighted by molar-refractivity contribution is 5.96. The molecular weight excluding hydrogens is 266 g/mol. The van der Waals surface area contributed by atoms with Crippen molar-refractivity contribution in [3.05, 3.63) is 33.7 Å². The van der Waals surface area contributed by atoms with E-state index in [0.717, 1.165) is 0 Å². The normalized spacial score (nSPS) is 13.9. The van der Waals surface area contributed by atoms with Crippen LogP contribution in [0.4, 0.5) is 11.4 Å². The van der Waals surface area contributed by atoms with Crippen LogP contribution in [0.3, 0.4) is 0 Å². The molecule has 0 radical (unpaired) electrons. The molecule has 20 heavy (non-hydrogen) atoms. The molecule has 0 saturated heterocycles. The predicted octanol–water partition coefficient (Wildman–Crippen LogP) is -0.716. The van der Waals surface area contributed by atoms with Crippen molar-refractivity contribution in [2.75, 3.05) is 13.1 Å². The maximum absolute atomic E-state index is 12.2. The van der Waals surface area contributed by atoms with E-state index in [4.69, 9.17) is 10.4 Å². The Labute approximate surface area is 116 Å². The second-order valence-electron chi connectivity index (χ2n) is 4.28. The van der Waals surface area contributed by atoms with Crippen molar-refractivity contribution in [3.63, 3.8) is 0 Å². The van der Waals surface area contributed by atoms with Gasteiger partial charge in [-0.15, -0.1) is 0 Å². The van der Waals surface area contributed by atoms with Gasteiger partial charge in [-0.25, -0.2) is 10.4 Å². The molecule has 2 unspecified atom stereocenters. The summed E-state index contributed by atoms with van der Waals surface area (Å²) in [6, 6.07) is 2.45. The summed E-state index contributed by atoms with van der Waals surface area (Å²) in [5.74, 6) is -0.375. The van der Waals surface area contributed by atoms with Gasteiger partial charge < -0.3 is 15.3 Å². The third-order valence-corrected chi connectivity index (χ3v) is 3.17. The van der Waals surface area contributed by atoms with Crippen LogP contribution in [-0.2, 0) is 0 Å². The molecule has 1 aromatic carbocycles. The van der Waals surface area contributed by atoms with E-state index in [-0.39, 0.29) is 28.4 Å². The summed E-state index contributed by atoms with van der Waals surface area (Å²) in [5.41, 5.74) is -0.115. The van der Waals surface area contributed by atoms with Gasteiger partial charge in [-0.3, -0.25) is 4.79 Å². The molecule has 0 aliphatic carbocycles. The molecule has 1 rings (SSSR count). The summed E-state index contributed by atoms with van der Waals surface area (Å²) in [7, 11) is 0. The fraction of sp³-hybridized carbons (Fsp3) is 0.417. The zero-order valence-corrected chi connectivity index (χ0v) is 11.6. The summed E-state index contributed by atoms with van der Waals surface area (Å²) < 4.78 is 0. The Kier molecular flexibility index (Phi) is 5.57. The second kappa shape index (κ2) is 6.75. The van der Waals surface area contributed by atoms with Crippen molar-refractivity contribution in [1.29, 1.82) is 0 Å². The van der Waals surface area contributed by atoms with Crippen LogP contribution in [0.25, 0.3) is 0 Å². The van der Waals surface area contributed by atoms with Gasteiger partial charge >= 0.3 is 0 Å². The third-order valence-electron chi connectivity index (χ3n) is 3.17. The predicted molar refractivity (Wildman–Crippen MR) is 70.0 cm³/mol. The van der Waals surface area contributed by atoms with Crippen molar-refractivity contribution in [2.45, 2.75) is 20.8 Å². The minimum atomic E-state index is -1.25. The van der Waals surface area contributed by atoms with Crippen molar-refractivity contribution in [2.24, 2.45) is 0 Å². The Morgan fingerprint density at radius 2 is 1.55 bits per heavy atom. The van der Waals surface area contributed by atoms with Gasteiger partial charge in [0.25, 0.3) is 5.91 Å². The number of hydrogen-bond donors (Lipinski definition) is 4. The second-order valence-corrected chi connectivity index (χ2v) is 4.28. The van der Waals surface area contributed by atoms with E-state index in [9.17, 15) is 15.2 Å². The fourth-order valence-electron chi connectivity index (χ4n) is 1.98. The SMILES string of the molecule is CCN(CC)C(=O)c1cc([NH+]([O-])O)c(C)c([NH+]([O-])O)c1. The number of carbonyl (C=O) groups excluding carboxylic acids is 1. The lowest BCUT2D eigenvalue weighted by atomic mass is 10.1. The van der Waals surface area contributed by atoms with Gasteiger partial charge in [0.15, 0.2) is 11.4 Å². The lowest BCUT2D eigenvalue weighted by molar-refractivity contribution is -0.996. The first-order valence-corrected chi connectivity index (χ1v) is 6.23. The molecule has 0 aliphatic rings. The summed E-state index contributed by atoms with van der Waals surface area (Å²) >= 11 is 0. The van der Waals surface area contributed by atoms with E-state index < -0.39 is 10.5 Å². The van der Waals surface area contributed by atoms with Crippen LogP contribution >= 0.6 is 0 Å². The first-order chi connectivity index (χ1) is 9.33. The molecule has 1 aromatic rings. The number of nitrogens with zero attached hydrogens (tertiary/aromatic N) is 1. The van der Waals surface area contributed by atoms with E-state index in [2.05, 4.69) is 0 Å². The lowest BCUT2D eigenvalue weighted by Gasteiger charge is -2.22. The minimum Gasteiger partial charge on any atom is -0.595 e. The summed E-state index contributed by atoms with van der Waals surface area (Å²) in [6.45, 7) is 5.94. The molecule has 0 aliphatic heterocycles. The number of benzene rings is 1. The Morgan fingerprint density at radius 3 is 1.85 bits per heavy atom. The zero-order chi connectivity index (χ0) is 15.4. The number of hydrogen-bond acceptors (Lipinski definition) is 5. The highest BCUT2D eigenvalue weighted by Crippen LogP contribution is 2.21. The smallest absolute Gasteiger partial charge is 0.254 e. The lowest BCUT2D eigenvalue weighted by Crippen LogP contribution is -3.01. The van der Waals surface area contributed by atoms with Crippen LogP contribution in [0.1, 0.15) is 29.8 Å². The van der Waals surface area contributed by atoms with Crippen LogP contribution in [0.15, 0.2) is 12.1 Å². The topological polar surface area (TPSA) is 116 Å². The number of amides is 1. The average molecular weight is 285 g/mol. The van der Waals surface area contributed by atoms with Crippen molar-refractivity contribution >= 4 is 17.3 Å². The van der Waals surface area contributed by atoms with Gasteiger partial charge in [0.1, 0.15) is 0 Å². The van der Waals surface area contributed by atoms with Crippen LogP contribution in [-0.4, -0.2) is 34.3 Å². The van der Waals surface area contributed by atoms with Crippen molar-refractivity contribution in [1.82, 2.24) is 4.90 Å². The number of rotatable bonds is 5. The molecule has 8 heteroatoms. The summed E-state index contributed by atoms with van der Waals surface area (Å²) in [4.78, 5) is 13.7. The van der Waals surface area contributed by atoms with E-state index >= 15 is 0 Å². The van der Waals surface area contributed by atoms with Gasteiger partial charge in [-0.1, -0.05) is 0 Å². The molecule has 4 N–H and O–H groups in total. The van der Waals surface area contributed by atoms with Crippen molar-refractivity contribution < 1.29 is 25.7 Å². The van der Waals surface area contributed by atoms with Crippen LogP contribution in [0, 0.1) is 17.3 Å². The third kappa shape index (κ3) is 3.31. The molecule has 2 atom stereocenters. The molecule has 1 amide bonds. The maximum atomic E-state index is 12.2. The van der Waals surface area contributed by atoms with Crippen LogP contribution < -0.4 is 10.5 Å². The largest absolute Gasteiger partial charge is 0.595 e. The number of carbonyl (C=O) groups is 1. The first-order valence-electron chi connectivity index (χ1n) is 6.23. The maximum Gasteiger partial charge on any atom is 0.254 e. The van der Waals surface area contributed by atoms with E-state index in [0.29, 0.717) is 13.1 Å². The molecule has 0 spiro atoms. The Bertz CT molecular complexity index is 457. The molecule has 0 bridgehead atoms. The standard InChI is InChI=1S/C12H19N3O5/c1-4-13(5-2)12(16)9-6-10(14(17)18)8(3)11(7-9)15(19)20/h6-7,14-15,17,19H,4-5H2,1-3H3. The Hall–Kier alpha value is -1.55. The van der Waals surface area contributed by atoms with E-state index in [1.165, 1.54) is 24.0 Å². The molecule has 0 saturated carbocycles. The minimum absolute atomic E-state index is 0.0779. The van der Waals surface area contributed by atoms with Crippen LogP contribution in [0.5, 0.6) is 0 Å². The number of quaternary nitrogens is 2. The van der Waals surface area contributed by atoms with Gasteiger partial charge in [0.05, 0.1) is 11.1 Å². The highest BCUT2D eigenvalue weighted by atomic mass is 16.8. The first kappa shape index (κ1) is 16.5. The van der Waals surface area contributed by atoms with Crippen molar-refractivity contribution in [3.8, 4) is 0 Å². The Morgan fingerprint density at radius 1 is 1.15 bits per heavy atom. The van der Waals surface area contributed by atoms with Gasteiger partial charge in [-0.2, -0.15) is 10.5 Å². The summed E-state index contributed by atoms with van der Waals surface area (Å²) in [6.07, 6.45) is 0. The molecule has 0 aromatic heterocycles. The monoisotopic (exact) mass is 285 g/mol. The molecule has 0 fully saturated rings. The average Bonchev–Trinajstić information content (AvgIpc) is 2.39. The zero-order valence-electron chi connectivity index (χ0n) is 11.6. The highest BCUT2D eigenvalue weighted by Gasteiger charge is 2.22. The fourth-order valence-corrected chi connectivity index (χ4v) is 1.98.